The van der Waals surface area contributed by atoms with Gasteiger partial charge in [-0.05, 0) is 65.7 Å². The Balaban J connectivity index is 2.13. The average Bonchev–Trinajstić information content (AvgIpc) is 3.45. The van der Waals surface area contributed by atoms with Crippen molar-refractivity contribution >= 4 is 23.9 Å². The van der Waals surface area contributed by atoms with Crippen molar-refractivity contribution in [3.8, 4) is 0 Å². The summed E-state index contributed by atoms with van der Waals surface area (Å²) in [6.45, 7) is 2.65. The summed E-state index contributed by atoms with van der Waals surface area (Å²) in [4.78, 5) is 48.1. The van der Waals surface area contributed by atoms with E-state index in [1.54, 1.807) is 0 Å². The van der Waals surface area contributed by atoms with E-state index in [0.29, 0.717) is 19.3 Å². The summed E-state index contributed by atoms with van der Waals surface area (Å²) in [5.74, 6) is -9.85. The van der Waals surface area contributed by atoms with E-state index in [9.17, 15) is 63.8 Å². The van der Waals surface area contributed by atoms with Crippen LogP contribution in [0.15, 0.2) is 0 Å². The number of halogens is 9. The van der Waals surface area contributed by atoms with Crippen LogP contribution in [0, 0.1) is 23.7 Å². The van der Waals surface area contributed by atoms with Crippen LogP contribution in [-0.2, 0) is 38.1 Å². The Hall–Kier alpha value is -2.83. The van der Waals surface area contributed by atoms with E-state index in [1.807, 2.05) is 0 Å². The normalized spacial score (nSPS) is 24.4. The van der Waals surface area contributed by atoms with Gasteiger partial charge in [-0.2, -0.15) is 39.5 Å². The van der Waals surface area contributed by atoms with Gasteiger partial charge in [0.2, 0.25) is 0 Å². The first-order chi connectivity index (χ1) is 19.5. The van der Waals surface area contributed by atoms with E-state index in [0.717, 1.165) is 0 Å². The largest absolute Gasteiger partial charge is 0.457 e. The number of aliphatic hydroxyl groups is 2. The summed E-state index contributed by atoms with van der Waals surface area (Å²) < 4.78 is 134. The summed E-state index contributed by atoms with van der Waals surface area (Å²) in [6, 6.07) is 0. The number of hydrogen-bond acceptors (Lipinski definition) is 10. The number of fused-ring (bicyclic) bond motifs is 2. The minimum atomic E-state index is -6.53. The molecule has 0 saturated heterocycles. The second-order valence-electron chi connectivity index (χ2n) is 12.0. The SMILES string of the molecule is CC(C)(OC(=O)COC(=O)C(C)(O)C(F)(F)F)C1C2CCC(C2)C1C(C)(C)OC(=O)COC(=O)C(O)(C(F)(F)F)C(F)(F)F. The zero-order valence-electron chi connectivity index (χ0n) is 23.9. The molecular weight excluding hydrogens is 631 g/mol. The summed E-state index contributed by atoms with van der Waals surface area (Å²) in [6.07, 6.45) is -16.7. The van der Waals surface area contributed by atoms with E-state index in [1.165, 1.54) is 27.7 Å². The molecule has 0 amide bonds. The van der Waals surface area contributed by atoms with Crippen molar-refractivity contribution in [3.63, 3.8) is 0 Å². The molecule has 2 aliphatic rings. The average molecular weight is 662 g/mol. The first kappa shape index (κ1) is 37.4. The van der Waals surface area contributed by atoms with Gasteiger partial charge >= 0.3 is 48.0 Å². The third-order valence-corrected chi connectivity index (χ3v) is 7.98. The highest BCUT2D eigenvalue weighted by Crippen LogP contribution is 2.60. The number of hydrogen-bond donors (Lipinski definition) is 2. The fourth-order valence-corrected chi connectivity index (χ4v) is 6.08. The molecule has 0 aliphatic heterocycles. The maximum atomic E-state index is 12.9. The summed E-state index contributed by atoms with van der Waals surface area (Å²) in [5, 5.41) is 18.4. The number of alkyl halides is 9. The molecule has 2 bridgehead atoms. The van der Waals surface area contributed by atoms with Crippen molar-refractivity contribution in [2.24, 2.45) is 23.7 Å². The van der Waals surface area contributed by atoms with Crippen LogP contribution in [0.2, 0.25) is 0 Å². The van der Waals surface area contributed by atoms with E-state index in [2.05, 4.69) is 9.47 Å². The molecule has 10 nitrogen and oxygen atoms in total. The first-order valence-corrected chi connectivity index (χ1v) is 12.9. The van der Waals surface area contributed by atoms with Crippen molar-refractivity contribution in [1.29, 1.82) is 0 Å². The van der Waals surface area contributed by atoms with Crippen molar-refractivity contribution in [3.05, 3.63) is 0 Å². The molecule has 0 aromatic rings. The minimum Gasteiger partial charge on any atom is -0.457 e. The Labute approximate surface area is 244 Å². The number of esters is 4. The topological polar surface area (TPSA) is 146 Å². The minimum absolute atomic E-state index is 0.127. The molecule has 5 unspecified atom stereocenters. The molecule has 2 aliphatic carbocycles. The van der Waals surface area contributed by atoms with Gasteiger partial charge in [0, 0.05) is 11.8 Å². The maximum absolute atomic E-state index is 12.9. The summed E-state index contributed by atoms with van der Waals surface area (Å²) >= 11 is 0. The molecule has 0 aromatic carbocycles. The number of carbonyl (C=O) groups is 4. The molecule has 0 spiro atoms. The van der Waals surface area contributed by atoms with Crippen LogP contribution in [0.5, 0.6) is 0 Å². The zero-order valence-corrected chi connectivity index (χ0v) is 23.9. The second kappa shape index (κ2) is 11.8. The number of ether oxygens (including phenoxy) is 4. The highest BCUT2D eigenvalue weighted by Gasteiger charge is 2.76. The van der Waals surface area contributed by atoms with Crippen LogP contribution < -0.4 is 0 Å². The quantitative estimate of drug-likeness (QED) is 0.202. The standard InChI is InChI=1S/C25H31F9O10/c1-19(2,43-13(35)9-41-17(37)21(5,39)23(26,27)28)15-11-6-7-12(8-11)16(15)20(3,4)44-14(36)10-42-18(38)22(40,24(29,30)31)25(32,33)34/h11-12,15-16,39-40H,6-10H2,1-5H3. The van der Waals surface area contributed by atoms with Gasteiger partial charge in [0.1, 0.15) is 11.2 Å². The Kier molecular flexibility index (Phi) is 10.0. The molecule has 254 valence electrons. The van der Waals surface area contributed by atoms with Crippen LogP contribution in [0.25, 0.3) is 0 Å². The molecular formula is C25H31F9O10. The van der Waals surface area contributed by atoms with Gasteiger partial charge in [-0.1, -0.05) is 0 Å². The Morgan fingerprint density at radius 3 is 1.27 bits per heavy atom. The van der Waals surface area contributed by atoms with Crippen molar-refractivity contribution in [2.45, 2.75) is 94.8 Å². The summed E-state index contributed by atoms with van der Waals surface area (Å²) in [7, 11) is 0. The zero-order chi connectivity index (χ0) is 34.5. The van der Waals surface area contributed by atoms with Crippen LogP contribution >= 0.6 is 0 Å². The molecule has 2 fully saturated rings. The van der Waals surface area contributed by atoms with Gasteiger partial charge in [0.05, 0.1) is 0 Å². The Bertz CT molecular complexity index is 1110. The Morgan fingerprint density at radius 1 is 0.614 bits per heavy atom. The van der Waals surface area contributed by atoms with Gasteiger partial charge in [0.25, 0.3) is 5.60 Å². The molecule has 19 heteroatoms. The summed E-state index contributed by atoms with van der Waals surface area (Å²) in [5.41, 5.74) is -12.8. The third kappa shape index (κ3) is 7.18. The van der Waals surface area contributed by atoms with Crippen LogP contribution in [-0.4, -0.2) is 88.2 Å². The lowest BCUT2D eigenvalue weighted by atomic mass is 9.65. The smallest absolute Gasteiger partial charge is 0.437 e. The van der Waals surface area contributed by atoms with E-state index < -0.39 is 89.9 Å². The lowest BCUT2D eigenvalue weighted by Gasteiger charge is -2.47. The van der Waals surface area contributed by atoms with E-state index >= 15 is 0 Å². The molecule has 0 radical (unpaired) electrons. The van der Waals surface area contributed by atoms with Gasteiger partial charge in [-0.25, -0.2) is 19.2 Å². The second-order valence-corrected chi connectivity index (χ2v) is 12.0. The third-order valence-electron chi connectivity index (χ3n) is 7.98. The number of rotatable bonds is 10. The fraction of sp³-hybridized carbons (Fsp3) is 0.840. The first-order valence-electron chi connectivity index (χ1n) is 12.9. The predicted molar refractivity (Wildman–Crippen MR) is 124 cm³/mol. The highest BCUT2D eigenvalue weighted by molar-refractivity contribution is 5.84. The van der Waals surface area contributed by atoms with Crippen LogP contribution in [0.3, 0.4) is 0 Å². The van der Waals surface area contributed by atoms with E-state index in [-0.39, 0.29) is 18.8 Å². The maximum Gasteiger partial charge on any atom is 0.437 e. The lowest BCUT2D eigenvalue weighted by Crippen LogP contribution is -2.63. The lowest BCUT2D eigenvalue weighted by molar-refractivity contribution is -0.356. The molecule has 0 heterocycles. The van der Waals surface area contributed by atoms with Gasteiger partial charge < -0.3 is 29.2 Å². The van der Waals surface area contributed by atoms with E-state index in [4.69, 9.17) is 14.6 Å². The van der Waals surface area contributed by atoms with Gasteiger partial charge in [-0.3, -0.25) is 0 Å². The highest BCUT2D eigenvalue weighted by atomic mass is 19.4. The predicted octanol–water partition coefficient (Wildman–Crippen LogP) is 3.55. The van der Waals surface area contributed by atoms with Crippen molar-refractivity contribution < 1.29 is 87.9 Å². The Morgan fingerprint density at radius 2 is 0.955 bits per heavy atom. The molecule has 2 saturated carbocycles. The molecule has 2 N–H and O–H groups in total. The van der Waals surface area contributed by atoms with Crippen LogP contribution in [0.4, 0.5) is 39.5 Å². The van der Waals surface area contributed by atoms with Gasteiger partial charge in [0.15, 0.2) is 13.2 Å². The fourth-order valence-electron chi connectivity index (χ4n) is 6.08. The molecule has 2 rings (SSSR count). The molecule has 44 heavy (non-hydrogen) atoms. The van der Waals surface area contributed by atoms with Gasteiger partial charge in [-0.15, -0.1) is 0 Å². The van der Waals surface area contributed by atoms with Crippen molar-refractivity contribution in [2.75, 3.05) is 13.2 Å². The monoisotopic (exact) mass is 662 g/mol. The number of carbonyl (C=O) groups excluding carboxylic acids is 4. The van der Waals surface area contributed by atoms with Crippen molar-refractivity contribution in [1.82, 2.24) is 0 Å². The van der Waals surface area contributed by atoms with Crippen LogP contribution in [0.1, 0.15) is 53.9 Å². The molecule has 0 aromatic heterocycles. The molecule has 5 atom stereocenters.